The SMILES string of the molecule is CCC1CSC(NC(C)c2cccc(Br)c2)=N1. The molecule has 2 atom stereocenters. The average Bonchev–Trinajstić information content (AvgIpc) is 2.77. The Morgan fingerprint density at radius 2 is 2.41 bits per heavy atom. The zero-order chi connectivity index (χ0) is 12.3. The van der Waals surface area contributed by atoms with Crippen molar-refractivity contribution in [2.45, 2.75) is 32.4 Å². The van der Waals surface area contributed by atoms with E-state index in [4.69, 9.17) is 0 Å². The van der Waals surface area contributed by atoms with Crippen LogP contribution in [-0.4, -0.2) is 17.0 Å². The third-order valence-corrected chi connectivity index (χ3v) is 4.41. The summed E-state index contributed by atoms with van der Waals surface area (Å²) in [5.74, 6) is 1.12. The first-order valence-electron chi connectivity index (χ1n) is 5.91. The van der Waals surface area contributed by atoms with Gasteiger partial charge in [-0.25, -0.2) is 0 Å². The summed E-state index contributed by atoms with van der Waals surface area (Å²) in [6, 6.07) is 9.20. The van der Waals surface area contributed by atoms with Crippen molar-refractivity contribution in [3.8, 4) is 0 Å². The minimum atomic E-state index is 0.300. The van der Waals surface area contributed by atoms with Crippen molar-refractivity contribution < 1.29 is 0 Å². The second-order valence-corrected chi connectivity index (χ2v) is 6.15. The number of rotatable bonds is 3. The number of benzene rings is 1. The van der Waals surface area contributed by atoms with Crippen LogP contribution < -0.4 is 5.32 Å². The number of halogens is 1. The van der Waals surface area contributed by atoms with Crippen LogP contribution in [0.15, 0.2) is 33.7 Å². The van der Waals surface area contributed by atoms with E-state index in [2.05, 4.69) is 58.3 Å². The van der Waals surface area contributed by atoms with Crippen LogP contribution in [0.4, 0.5) is 0 Å². The van der Waals surface area contributed by atoms with E-state index in [-0.39, 0.29) is 0 Å². The van der Waals surface area contributed by atoms with Crippen molar-refractivity contribution >= 4 is 32.9 Å². The third-order valence-electron chi connectivity index (χ3n) is 2.87. The van der Waals surface area contributed by atoms with Crippen LogP contribution in [0, 0.1) is 0 Å². The molecule has 0 spiro atoms. The van der Waals surface area contributed by atoms with Crippen LogP contribution >= 0.6 is 27.7 Å². The Bertz CT molecular complexity index is 420. The molecule has 1 aromatic rings. The van der Waals surface area contributed by atoms with Crippen molar-refractivity contribution in [1.29, 1.82) is 0 Å². The zero-order valence-corrected chi connectivity index (χ0v) is 12.5. The number of nitrogens with one attached hydrogen (secondary N) is 1. The Morgan fingerprint density at radius 1 is 1.59 bits per heavy atom. The highest BCUT2D eigenvalue weighted by Gasteiger charge is 2.18. The van der Waals surface area contributed by atoms with Crippen LogP contribution in [-0.2, 0) is 0 Å². The molecule has 2 rings (SSSR count). The Balaban J connectivity index is 2.00. The molecule has 0 amide bonds. The largest absolute Gasteiger partial charge is 0.358 e. The average molecular weight is 313 g/mol. The fourth-order valence-corrected chi connectivity index (χ4v) is 3.31. The molecule has 1 N–H and O–H groups in total. The molecule has 0 saturated carbocycles. The molecule has 0 saturated heterocycles. The minimum Gasteiger partial charge on any atom is -0.358 e. The minimum absolute atomic E-state index is 0.300. The van der Waals surface area contributed by atoms with E-state index in [1.165, 1.54) is 5.56 Å². The summed E-state index contributed by atoms with van der Waals surface area (Å²) in [6.07, 6.45) is 1.13. The predicted octanol–water partition coefficient (Wildman–Crippen LogP) is 3.98. The van der Waals surface area contributed by atoms with Crippen LogP contribution in [0.25, 0.3) is 0 Å². The number of amidine groups is 1. The summed E-state index contributed by atoms with van der Waals surface area (Å²) in [6.45, 7) is 4.36. The first kappa shape index (κ1) is 13.0. The van der Waals surface area contributed by atoms with Crippen LogP contribution in [0.2, 0.25) is 0 Å². The van der Waals surface area contributed by atoms with E-state index in [0.29, 0.717) is 12.1 Å². The van der Waals surface area contributed by atoms with Crippen molar-refractivity contribution in [3.63, 3.8) is 0 Å². The van der Waals surface area contributed by atoms with Crippen molar-refractivity contribution in [2.24, 2.45) is 4.99 Å². The van der Waals surface area contributed by atoms with Gasteiger partial charge in [0.15, 0.2) is 5.17 Å². The molecule has 2 unspecified atom stereocenters. The number of nitrogens with zero attached hydrogens (tertiary/aromatic N) is 1. The second-order valence-electron chi connectivity index (χ2n) is 4.23. The maximum Gasteiger partial charge on any atom is 0.157 e. The van der Waals surface area contributed by atoms with Crippen LogP contribution in [0.3, 0.4) is 0 Å². The van der Waals surface area contributed by atoms with E-state index in [1.54, 1.807) is 0 Å². The quantitative estimate of drug-likeness (QED) is 0.913. The highest BCUT2D eigenvalue weighted by atomic mass is 79.9. The van der Waals surface area contributed by atoms with E-state index < -0.39 is 0 Å². The van der Waals surface area contributed by atoms with E-state index in [0.717, 1.165) is 21.8 Å². The fourth-order valence-electron chi connectivity index (χ4n) is 1.75. The molecule has 4 heteroatoms. The molecule has 0 radical (unpaired) electrons. The Kier molecular flexibility index (Phi) is 4.51. The number of thioether (sulfide) groups is 1. The van der Waals surface area contributed by atoms with Gasteiger partial charge in [-0.05, 0) is 31.0 Å². The lowest BCUT2D eigenvalue weighted by Crippen LogP contribution is -2.23. The normalized spacial score (nSPS) is 21.1. The monoisotopic (exact) mass is 312 g/mol. The molecule has 1 aromatic carbocycles. The number of hydrogen-bond donors (Lipinski definition) is 1. The molecule has 1 heterocycles. The Labute approximate surface area is 115 Å². The maximum absolute atomic E-state index is 4.65. The molecule has 2 nitrogen and oxygen atoms in total. The first-order chi connectivity index (χ1) is 8.19. The van der Waals surface area contributed by atoms with Crippen LogP contribution in [0.1, 0.15) is 31.9 Å². The Hall–Kier alpha value is -0.480. The van der Waals surface area contributed by atoms with Gasteiger partial charge in [-0.1, -0.05) is 46.7 Å². The van der Waals surface area contributed by atoms with Gasteiger partial charge in [-0.15, -0.1) is 0 Å². The molecule has 92 valence electrons. The van der Waals surface area contributed by atoms with Gasteiger partial charge in [-0.2, -0.15) is 0 Å². The summed E-state index contributed by atoms with van der Waals surface area (Å²) in [5.41, 5.74) is 1.28. The number of hydrogen-bond acceptors (Lipinski definition) is 3. The van der Waals surface area contributed by atoms with Gasteiger partial charge in [-0.3, -0.25) is 4.99 Å². The lowest BCUT2D eigenvalue weighted by Gasteiger charge is -2.15. The fraction of sp³-hybridized carbons (Fsp3) is 0.462. The topological polar surface area (TPSA) is 24.4 Å². The Morgan fingerprint density at radius 3 is 3.06 bits per heavy atom. The number of aliphatic imine (C=N–C) groups is 1. The van der Waals surface area contributed by atoms with Gasteiger partial charge in [0.2, 0.25) is 0 Å². The molecular weight excluding hydrogens is 296 g/mol. The van der Waals surface area contributed by atoms with E-state index >= 15 is 0 Å². The molecular formula is C13H17BrN2S. The first-order valence-corrected chi connectivity index (χ1v) is 7.69. The molecule has 1 aliphatic rings. The molecule has 17 heavy (non-hydrogen) atoms. The van der Waals surface area contributed by atoms with Gasteiger partial charge >= 0.3 is 0 Å². The van der Waals surface area contributed by atoms with Crippen molar-refractivity contribution in [1.82, 2.24) is 5.32 Å². The standard InChI is InChI=1S/C13H17BrN2S/c1-3-12-8-17-13(16-12)15-9(2)10-5-4-6-11(14)7-10/h4-7,9,12H,3,8H2,1-2H3,(H,15,16). The van der Waals surface area contributed by atoms with Gasteiger partial charge in [0.05, 0.1) is 12.1 Å². The second kappa shape index (κ2) is 5.91. The summed E-state index contributed by atoms with van der Waals surface area (Å²) in [5, 5.41) is 4.57. The summed E-state index contributed by atoms with van der Waals surface area (Å²) in [4.78, 5) is 4.65. The van der Waals surface area contributed by atoms with Crippen molar-refractivity contribution in [2.75, 3.05) is 5.75 Å². The smallest absolute Gasteiger partial charge is 0.157 e. The van der Waals surface area contributed by atoms with E-state index in [9.17, 15) is 0 Å². The van der Waals surface area contributed by atoms with Gasteiger partial charge in [0, 0.05) is 10.2 Å². The highest BCUT2D eigenvalue weighted by Crippen LogP contribution is 2.23. The predicted molar refractivity (Wildman–Crippen MR) is 79.7 cm³/mol. The lowest BCUT2D eigenvalue weighted by molar-refractivity contribution is 0.701. The molecule has 0 aromatic heterocycles. The summed E-state index contributed by atoms with van der Waals surface area (Å²) >= 11 is 5.33. The van der Waals surface area contributed by atoms with Crippen molar-refractivity contribution in [3.05, 3.63) is 34.3 Å². The summed E-state index contributed by atoms with van der Waals surface area (Å²) < 4.78 is 1.12. The zero-order valence-electron chi connectivity index (χ0n) is 10.1. The van der Waals surface area contributed by atoms with Crippen LogP contribution in [0.5, 0.6) is 0 Å². The molecule has 1 aliphatic heterocycles. The molecule has 0 aliphatic carbocycles. The molecule has 0 fully saturated rings. The molecule has 0 bridgehead atoms. The lowest BCUT2D eigenvalue weighted by atomic mass is 10.1. The highest BCUT2D eigenvalue weighted by molar-refractivity contribution is 9.10. The third kappa shape index (κ3) is 3.49. The van der Waals surface area contributed by atoms with Gasteiger partial charge < -0.3 is 5.32 Å². The van der Waals surface area contributed by atoms with Gasteiger partial charge in [0.1, 0.15) is 0 Å². The maximum atomic E-state index is 4.65. The van der Waals surface area contributed by atoms with E-state index in [1.807, 2.05) is 17.8 Å². The van der Waals surface area contributed by atoms with Gasteiger partial charge in [0.25, 0.3) is 0 Å². The summed E-state index contributed by atoms with van der Waals surface area (Å²) in [7, 11) is 0.